The molecule has 0 spiro atoms. The predicted octanol–water partition coefficient (Wildman–Crippen LogP) is 3.48. The number of aryl methyl sites for hydroxylation is 2. The SMILES string of the molecule is Cc1sc2ncnc(N3CCC(C(=O)OCC4CC4)CC3)c2c1C. The van der Waals surface area contributed by atoms with Crippen molar-refractivity contribution in [1.82, 2.24) is 9.97 Å². The van der Waals surface area contributed by atoms with E-state index in [-0.39, 0.29) is 11.9 Å². The second-order valence-electron chi connectivity index (χ2n) is 7.00. The maximum Gasteiger partial charge on any atom is 0.309 e. The molecule has 1 saturated heterocycles. The van der Waals surface area contributed by atoms with Crippen molar-refractivity contribution in [1.29, 1.82) is 0 Å². The Kier molecular flexibility index (Phi) is 4.16. The Morgan fingerprint density at radius 1 is 1.25 bits per heavy atom. The first-order chi connectivity index (χ1) is 11.6. The molecular weight excluding hydrogens is 322 g/mol. The van der Waals surface area contributed by atoms with E-state index in [9.17, 15) is 4.79 Å². The maximum absolute atomic E-state index is 12.2. The third-order valence-electron chi connectivity index (χ3n) is 5.23. The zero-order chi connectivity index (χ0) is 16.7. The molecule has 0 bridgehead atoms. The van der Waals surface area contributed by atoms with Crippen molar-refractivity contribution >= 4 is 33.3 Å². The van der Waals surface area contributed by atoms with Gasteiger partial charge in [-0.15, -0.1) is 11.3 Å². The molecule has 2 aromatic rings. The summed E-state index contributed by atoms with van der Waals surface area (Å²) in [4.78, 5) is 25.8. The minimum atomic E-state index is -0.00283. The van der Waals surface area contributed by atoms with E-state index in [1.165, 1.54) is 28.7 Å². The lowest BCUT2D eigenvalue weighted by Gasteiger charge is -2.32. The standard InChI is InChI=1S/C18H23N3O2S/c1-11-12(2)24-17-15(11)16(19-10-20-17)21-7-5-14(6-8-21)18(22)23-9-13-3-4-13/h10,13-14H,3-9H2,1-2H3. The van der Waals surface area contributed by atoms with Crippen molar-refractivity contribution < 1.29 is 9.53 Å². The lowest BCUT2D eigenvalue weighted by atomic mass is 9.97. The second kappa shape index (κ2) is 6.31. The van der Waals surface area contributed by atoms with Gasteiger partial charge in [0.15, 0.2) is 0 Å². The van der Waals surface area contributed by atoms with Gasteiger partial charge in [-0.3, -0.25) is 4.79 Å². The molecule has 5 nitrogen and oxygen atoms in total. The third-order valence-corrected chi connectivity index (χ3v) is 6.35. The van der Waals surface area contributed by atoms with Crippen LogP contribution in [0.3, 0.4) is 0 Å². The molecule has 0 unspecified atom stereocenters. The van der Waals surface area contributed by atoms with Gasteiger partial charge in [0, 0.05) is 18.0 Å². The van der Waals surface area contributed by atoms with Crippen LogP contribution in [0.5, 0.6) is 0 Å². The Labute approximate surface area is 146 Å². The van der Waals surface area contributed by atoms with Gasteiger partial charge in [-0.25, -0.2) is 9.97 Å². The lowest BCUT2D eigenvalue weighted by molar-refractivity contribution is -0.149. The average Bonchev–Trinajstić information content (AvgIpc) is 3.38. The zero-order valence-corrected chi connectivity index (χ0v) is 15.1. The number of anilines is 1. The summed E-state index contributed by atoms with van der Waals surface area (Å²) >= 11 is 1.73. The Morgan fingerprint density at radius 3 is 2.71 bits per heavy atom. The molecule has 2 aliphatic rings. The van der Waals surface area contributed by atoms with E-state index >= 15 is 0 Å². The quantitative estimate of drug-likeness (QED) is 0.794. The fourth-order valence-electron chi connectivity index (χ4n) is 3.33. The highest BCUT2D eigenvalue weighted by molar-refractivity contribution is 7.18. The molecule has 3 heterocycles. The number of aromatic nitrogens is 2. The van der Waals surface area contributed by atoms with E-state index in [0.717, 1.165) is 36.6 Å². The molecule has 1 saturated carbocycles. The normalized spacial score (nSPS) is 19.0. The van der Waals surface area contributed by atoms with Crippen LogP contribution in [0.2, 0.25) is 0 Å². The van der Waals surface area contributed by atoms with Gasteiger partial charge in [0.2, 0.25) is 0 Å². The first-order valence-corrected chi connectivity index (χ1v) is 9.57. The van der Waals surface area contributed by atoms with Gasteiger partial charge in [0.25, 0.3) is 0 Å². The van der Waals surface area contributed by atoms with E-state index in [2.05, 4.69) is 28.7 Å². The van der Waals surface area contributed by atoms with Gasteiger partial charge in [0.05, 0.1) is 17.9 Å². The third kappa shape index (κ3) is 2.99. The van der Waals surface area contributed by atoms with Crippen molar-refractivity contribution in [3.05, 3.63) is 16.8 Å². The number of carbonyl (C=O) groups is 1. The summed E-state index contributed by atoms with van der Waals surface area (Å²) < 4.78 is 5.46. The van der Waals surface area contributed by atoms with Gasteiger partial charge in [0.1, 0.15) is 17.0 Å². The first kappa shape index (κ1) is 15.8. The van der Waals surface area contributed by atoms with Gasteiger partial charge in [-0.1, -0.05) is 0 Å². The Balaban J connectivity index is 1.45. The van der Waals surface area contributed by atoms with E-state index < -0.39 is 0 Å². The van der Waals surface area contributed by atoms with Crippen molar-refractivity contribution in [3.63, 3.8) is 0 Å². The summed E-state index contributed by atoms with van der Waals surface area (Å²) in [5.41, 5.74) is 1.27. The van der Waals surface area contributed by atoms with Gasteiger partial charge in [-0.05, 0) is 51.0 Å². The molecule has 0 amide bonds. The molecule has 1 aliphatic heterocycles. The molecule has 128 valence electrons. The highest BCUT2D eigenvalue weighted by Crippen LogP contribution is 2.36. The molecule has 4 rings (SSSR count). The largest absolute Gasteiger partial charge is 0.465 e. The average molecular weight is 345 g/mol. The van der Waals surface area contributed by atoms with Crippen LogP contribution in [-0.4, -0.2) is 35.6 Å². The minimum Gasteiger partial charge on any atom is -0.465 e. The number of fused-ring (bicyclic) bond motifs is 1. The van der Waals surface area contributed by atoms with Crippen molar-refractivity contribution in [2.24, 2.45) is 11.8 Å². The minimum absolute atomic E-state index is 0.00283. The molecule has 2 aromatic heterocycles. The highest BCUT2D eigenvalue weighted by atomic mass is 32.1. The van der Waals surface area contributed by atoms with E-state index in [1.54, 1.807) is 17.7 Å². The summed E-state index contributed by atoms with van der Waals surface area (Å²) in [6.45, 7) is 6.60. The number of rotatable bonds is 4. The topological polar surface area (TPSA) is 55.3 Å². The number of carbonyl (C=O) groups excluding carboxylic acids is 1. The fraction of sp³-hybridized carbons (Fsp3) is 0.611. The Bertz CT molecular complexity index is 761. The number of hydrogen-bond donors (Lipinski definition) is 0. The van der Waals surface area contributed by atoms with Gasteiger partial charge < -0.3 is 9.64 Å². The van der Waals surface area contributed by atoms with Gasteiger partial charge in [-0.2, -0.15) is 0 Å². The number of piperidine rings is 1. The molecule has 24 heavy (non-hydrogen) atoms. The first-order valence-electron chi connectivity index (χ1n) is 8.75. The summed E-state index contributed by atoms with van der Waals surface area (Å²) in [7, 11) is 0. The van der Waals surface area contributed by atoms with Crippen LogP contribution in [0.15, 0.2) is 6.33 Å². The fourth-order valence-corrected chi connectivity index (χ4v) is 4.32. The molecule has 0 aromatic carbocycles. The summed E-state index contributed by atoms with van der Waals surface area (Å²) in [5, 5.41) is 1.18. The van der Waals surface area contributed by atoms with Crippen LogP contribution in [0.1, 0.15) is 36.1 Å². The van der Waals surface area contributed by atoms with E-state index in [1.807, 2.05) is 0 Å². The smallest absolute Gasteiger partial charge is 0.309 e. The lowest BCUT2D eigenvalue weighted by Crippen LogP contribution is -2.37. The van der Waals surface area contributed by atoms with Crippen LogP contribution in [-0.2, 0) is 9.53 Å². The van der Waals surface area contributed by atoms with Crippen LogP contribution in [0.4, 0.5) is 5.82 Å². The molecule has 0 radical (unpaired) electrons. The monoisotopic (exact) mass is 345 g/mol. The number of nitrogens with zero attached hydrogens (tertiary/aromatic N) is 3. The number of esters is 1. The number of ether oxygens (including phenoxy) is 1. The van der Waals surface area contributed by atoms with Crippen molar-refractivity contribution in [2.75, 3.05) is 24.6 Å². The van der Waals surface area contributed by atoms with Gasteiger partial charge >= 0.3 is 5.97 Å². The van der Waals surface area contributed by atoms with Crippen molar-refractivity contribution in [2.45, 2.75) is 39.5 Å². The Morgan fingerprint density at radius 2 is 2.00 bits per heavy atom. The summed E-state index contributed by atoms with van der Waals surface area (Å²) in [6, 6.07) is 0. The Hall–Kier alpha value is -1.69. The van der Waals surface area contributed by atoms with Crippen LogP contribution < -0.4 is 4.90 Å². The van der Waals surface area contributed by atoms with Crippen LogP contribution in [0, 0.1) is 25.7 Å². The van der Waals surface area contributed by atoms with Crippen LogP contribution >= 0.6 is 11.3 Å². The number of hydrogen-bond acceptors (Lipinski definition) is 6. The molecule has 2 fully saturated rings. The zero-order valence-electron chi connectivity index (χ0n) is 14.2. The highest BCUT2D eigenvalue weighted by Gasteiger charge is 2.30. The molecule has 0 atom stereocenters. The second-order valence-corrected chi connectivity index (χ2v) is 8.20. The maximum atomic E-state index is 12.2. The summed E-state index contributed by atoms with van der Waals surface area (Å²) in [6.07, 6.45) is 5.78. The summed E-state index contributed by atoms with van der Waals surface area (Å²) in [5.74, 6) is 1.69. The molecule has 1 aliphatic carbocycles. The molecule has 0 N–H and O–H groups in total. The van der Waals surface area contributed by atoms with Crippen molar-refractivity contribution in [3.8, 4) is 0 Å². The molecule has 6 heteroatoms. The number of thiophene rings is 1. The predicted molar refractivity (Wildman–Crippen MR) is 95.5 cm³/mol. The molecular formula is C18H23N3O2S. The van der Waals surface area contributed by atoms with E-state index in [0.29, 0.717) is 12.5 Å². The van der Waals surface area contributed by atoms with Crippen LogP contribution in [0.25, 0.3) is 10.2 Å². The van der Waals surface area contributed by atoms with E-state index in [4.69, 9.17) is 4.74 Å².